The van der Waals surface area contributed by atoms with Crippen LogP contribution in [0.1, 0.15) is 19.4 Å². The van der Waals surface area contributed by atoms with Crippen LogP contribution in [0, 0.1) is 5.92 Å². The monoisotopic (exact) mass is 400 g/mol. The molecule has 0 aliphatic heterocycles. The fourth-order valence-corrected chi connectivity index (χ4v) is 3.02. The Labute approximate surface area is 157 Å². The maximum Gasteiger partial charge on any atom is 0.276 e. The zero-order valence-electron chi connectivity index (χ0n) is 13.7. The first-order valence-electron chi connectivity index (χ1n) is 7.51. The van der Waals surface area contributed by atoms with Crippen LogP contribution in [-0.2, 0) is 10.0 Å². The van der Waals surface area contributed by atoms with E-state index in [4.69, 9.17) is 27.9 Å². The molecule has 0 aliphatic carbocycles. The molecule has 5 nitrogen and oxygen atoms in total. The van der Waals surface area contributed by atoms with E-state index >= 15 is 0 Å². The molecule has 0 radical (unpaired) electrons. The number of ether oxygens (including phenoxy) is 1. The van der Waals surface area contributed by atoms with Crippen molar-refractivity contribution in [1.82, 2.24) is 4.83 Å². The van der Waals surface area contributed by atoms with Crippen LogP contribution < -0.4 is 9.57 Å². The first-order chi connectivity index (χ1) is 11.8. The summed E-state index contributed by atoms with van der Waals surface area (Å²) in [6, 6.07) is 11.3. The van der Waals surface area contributed by atoms with Gasteiger partial charge in [-0.15, -0.1) is 0 Å². The molecule has 0 unspecified atom stereocenters. The Morgan fingerprint density at radius 2 is 1.88 bits per heavy atom. The Bertz CT molecular complexity index is 868. The van der Waals surface area contributed by atoms with Gasteiger partial charge in [0.15, 0.2) is 0 Å². The molecule has 0 aliphatic rings. The SMILES string of the molecule is CC(C)COc1ccccc1/C=N/NS(=O)(=O)c1ccc(Cl)c(Cl)c1. The van der Waals surface area contributed by atoms with Gasteiger partial charge in [-0.25, -0.2) is 4.83 Å². The van der Waals surface area contributed by atoms with E-state index in [1.165, 1.54) is 24.4 Å². The fourth-order valence-electron chi connectivity index (χ4n) is 1.84. The van der Waals surface area contributed by atoms with Gasteiger partial charge in [-0.1, -0.05) is 49.2 Å². The third-order valence-corrected chi connectivity index (χ3v) is 5.03. The second-order valence-electron chi connectivity index (χ2n) is 5.67. The lowest BCUT2D eigenvalue weighted by atomic mass is 10.2. The molecular formula is C17H18Cl2N2O3S. The van der Waals surface area contributed by atoms with Crippen LogP contribution in [0.25, 0.3) is 0 Å². The molecule has 2 rings (SSSR count). The van der Waals surface area contributed by atoms with Crippen molar-refractivity contribution in [2.24, 2.45) is 11.0 Å². The molecule has 0 bridgehead atoms. The summed E-state index contributed by atoms with van der Waals surface area (Å²) in [4.78, 5) is 2.12. The van der Waals surface area contributed by atoms with E-state index in [1.807, 2.05) is 26.0 Å². The Morgan fingerprint density at radius 1 is 1.16 bits per heavy atom. The van der Waals surface area contributed by atoms with Crippen molar-refractivity contribution in [1.29, 1.82) is 0 Å². The summed E-state index contributed by atoms with van der Waals surface area (Å²) in [5.41, 5.74) is 0.667. The highest BCUT2D eigenvalue weighted by Crippen LogP contribution is 2.24. The van der Waals surface area contributed by atoms with Gasteiger partial charge in [0.25, 0.3) is 10.0 Å². The average Bonchev–Trinajstić information content (AvgIpc) is 2.56. The van der Waals surface area contributed by atoms with Crippen LogP contribution >= 0.6 is 23.2 Å². The molecule has 0 amide bonds. The van der Waals surface area contributed by atoms with Gasteiger partial charge in [0.1, 0.15) is 5.75 Å². The highest BCUT2D eigenvalue weighted by Gasteiger charge is 2.14. The van der Waals surface area contributed by atoms with Crippen LogP contribution in [0.3, 0.4) is 0 Å². The predicted molar refractivity (Wildman–Crippen MR) is 101 cm³/mol. The third-order valence-electron chi connectivity index (χ3n) is 3.07. The molecule has 8 heteroatoms. The maximum atomic E-state index is 12.2. The number of nitrogens with one attached hydrogen (secondary N) is 1. The van der Waals surface area contributed by atoms with Gasteiger partial charge in [-0.2, -0.15) is 13.5 Å². The number of benzene rings is 2. The van der Waals surface area contributed by atoms with E-state index in [0.29, 0.717) is 23.8 Å². The Balaban J connectivity index is 2.13. The smallest absolute Gasteiger partial charge is 0.276 e. The van der Waals surface area contributed by atoms with Gasteiger partial charge in [0, 0.05) is 5.56 Å². The molecule has 0 aromatic heterocycles. The van der Waals surface area contributed by atoms with Crippen molar-refractivity contribution in [2.75, 3.05) is 6.61 Å². The Morgan fingerprint density at radius 3 is 2.56 bits per heavy atom. The van der Waals surface area contributed by atoms with E-state index in [9.17, 15) is 8.42 Å². The van der Waals surface area contributed by atoms with E-state index in [2.05, 4.69) is 9.93 Å². The molecule has 0 spiro atoms. The fraction of sp³-hybridized carbons (Fsp3) is 0.235. The number of hydrazone groups is 1. The lowest BCUT2D eigenvalue weighted by Crippen LogP contribution is -2.18. The molecular weight excluding hydrogens is 383 g/mol. The standard InChI is InChI=1S/C17H18Cl2N2O3S/c1-12(2)11-24-17-6-4-3-5-13(17)10-20-21-25(22,23)14-7-8-15(18)16(19)9-14/h3-10,12,21H,11H2,1-2H3/b20-10+. The van der Waals surface area contributed by atoms with Gasteiger partial charge in [-0.05, 0) is 36.2 Å². The van der Waals surface area contributed by atoms with E-state index in [-0.39, 0.29) is 14.9 Å². The van der Waals surface area contributed by atoms with Crippen LogP contribution in [0.5, 0.6) is 5.75 Å². The molecule has 2 aromatic carbocycles. The summed E-state index contributed by atoms with van der Waals surface area (Å²) in [5.74, 6) is 1.01. The lowest BCUT2D eigenvalue weighted by Gasteiger charge is -2.10. The molecule has 25 heavy (non-hydrogen) atoms. The highest BCUT2D eigenvalue weighted by molar-refractivity contribution is 7.89. The number of hydrogen-bond acceptors (Lipinski definition) is 4. The summed E-state index contributed by atoms with van der Waals surface area (Å²) < 4.78 is 30.2. The number of rotatable bonds is 7. The van der Waals surface area contributed by atoms with Crippen molar-refractivity contribution in [2.45, 2.75) is 18.7 Å². The predicted octanol–water partition coefficient (Wildman–Crippen LogP) is 4.34. The van der Waals surface area contributed by atoms with E-state index < -0.39 is 10.0 Å². The topological polar surface area (TPSA) is 67.8 Å². The molecule has 0 atom stereocenters. The van der Waals surface area contributed by atoms with Gasteiger partial charge in [-0.3, -0.25) is 0 Å². The number of para-hydroxylation sites is 1. The van der Waals surface area contributed by atoms with Crippen molar-refractivity contribution >= 4 is 39.4 Å². The maximum absolute atomic E-state index is 12.2. The van der Waals surface area contributed by atoms with Crippen molar-refractivity contribution in [3.05, 3.63) is 58.1 Å². The highest BCUT2D eigenvalue weighted by atomic mass is 35.5. The summed E-state index contributed by atoms with van der Waals surface area (Å²) >= 11 is 11.6. The quantitative estimate of drug-likeness (QED) is 0.554. The van der Waals surface area contributed by atoms with E-state index in [1.54, 1.807) is 12.1 Å². The molecule has 2 aromatic rings. The summed E-state index contributed by atoms with van der Waals surface area (Å²) in [6.07, 6.45) is 1.39. The molecule has 134 valence electrons. The summed E-state index contributed by atoms with van der Waals surface area (Å²) in [6.45, 7) is 4.64. The average molecular weight is 401 g/mol. The third kappa shape index (κ3) is 5.63. The molecule has 0 saturated carbocycles. The number of nitrogens with zero attached hydrogens (tertiary/aromatic N) is 1. The molecule has 0 saturated heterocycles. The minimum atomic E-state index is -3.84. The van der Waals surface area contributed by atoms with Gasteiger partial charge >= 0.3 is 0 Å². The Kier molecular flexibility index (Phi) is 6.70. The van der Waals surface area contributed by atoms with Crippen LogP contribution in [0.2, 0.25) is 10.0 Å². The molecule has 0 heterocycles. The number of sulfonamides is 1. The van der Waals surface area contributed by atoms with Crippen LogP contribution in [-0.4, -0.2) is 21.2 Å². The zero-order valence-corrected chi connectivity index (χ0v) is 16.1. The first-order valence-corrected chi connectivity index (χ1v) is 9.75. The van der Waals surface area contributed by atoms with Gasteiger partial charge < -0.3 is 4.74 Å². The number of halogens is 2. The largest absolute Gasteiger partial charge is 0.493 e. The Hall–Kier alpha value is -1.76. The van der Waals surface area contributed by atoms with Crippen LogP contribution in [0.4, 0.5) is 0 Å². The normalized spacial score (nSPS) is 11.9. The molecule has 1 N–H and O–H groups in total. The first kappa shape index (κ1) is 19.6. The van der Waals surface area contributed by atoms with E-state index in [0.717, 1.165) is 0 Å². The van der Waals surface area contributed by atoms with Crippen molar-refractivity contribution < 1.29 is 13.2 Å². The second kappa shape index (κ2) is 8.56. The minimum absolute atomic E-state index is 0.0246. The van der Waals surface area contributed by atoms with Gasteiger partial charge in [0.05, 0.1) is 27.8 Å². The number of hydrogen-bond donors (Lipinski definition) is 1. The zero-order chi connectivity index (χ0) is 18.4. The van der Waals surface area contributed by atoms with Crippen LogP contribution in [0.15, 0.2) is 52.5 Å². The lowest BCUT2D eigenvalue weighted by molar-refractivity contribution is 0.270. The van der Waals surface area contributed by atoms with Crippen molar-refractivity contribution in [3.63, 3.8) is 0 Å². The second-order valence-corrected chi connectivity index (χ2v) is 8.15. The molecule has 0 fully saturated rings. The van der Waals surface area contributed by atoms with Gasteiger partial charge in [0.2, 0.25) is 0 Å². The van der Waals surface area contributed by atoms with Crippen molar-refractivity contribution in [3.8, 4) is 5.75 Å². The summed E-state index contributed by atoms with van der Waals surface area (Å²) in [5, 5.41) is 4.24. The summed E-state index contributed by atoms with van der Waals surface area (Å²) in [7, 11) is -3.84. The minimum Gasteiger partial charge on any atom is -0.493 e.